The highest BCUT2D eigenvalue weighted by atomic mass is 32.2. The largest absolute Gasteiger partial charge is 0.465 e. The van der Waals surface area contributed by atoms with Crippen molar-refractivity contribution in [2.24, 2.45) is 5.41 Å². The minimum absolute atomic E-state index is 0.0116. The Labute approximate surface area is 167 Å². The molecule has 0 radical (unpaired) electrons. The van der Waals surface area contributed by atoms with E-state index in [2.05, 4.69) is 10.6 Å². The van der Waals surface area contributed by atoms with Gasteiger partial charge in [0.25, 0.3) is 11.0 Å². The summed E-state index contributed by atoms with van der Waals surface area (Å²) >= 11 is 0.674. The molecule has 0 saturated carbocycles. The highest BCUT2D eigenvalue weighted by molar-refractivity contribution is 8.15. The Morgan fingerprint density at radius 1 is 1.29 bits per heavy atom. The average molecular weight is 418 g/mol. The molecule has 1 fully saturated rings. The fraction of sp³-hybridized carbons (Fsp3) is 0.706. The summed E-state index contributed by atoms with van der Waals surface area (Å²) in [5.41, 5.74) is -1.17. The number of aliphatic hydroxyl groups excluding tert-OH is 1. The van der Waals surface area contributed by atoms with Crippen molar-refractivity contribution in [2.45, 2.75) is 45.8 Å². The lowest BCUT2D eigenvalue weighted by molar-refractivity contribution is -0.170. The first-order valence-electron chi connectivity index (χ1n) is 8.78. The molecule has 11 heteroatoms. The number of rotatable bonds is 5. The van der Waals surface area contributed by atoms with Gasteiger partial charge in [0.2, 0.25) is 5.91 Å². The number of esters is 2. The fourth-order valence-electron chi connectivity index (χ4n) is 2.24. The van der Waals surface area contributed by atoms with Crippen LogP contribution in [0.1, 0.15) is 33.6 Å². The van der Waals surface area contributed by atoms with Crippen molar-refractivity contribution in [2.75, 3.05) is 25.4 Å². The molecule has 0 aromatic heterocycles. The molecule has 0 unspecified atom stereocenters. The van der Waals surface area contributed by atoms with Gasteiger partial charge in [-0.1, -0.05) is 25.6 Å². The van der Waals surface area contributed by atoms with Crippen LogP contribution in [0, 0.1) is 5.41 Å². The summed E-state index contributed by atoms with van der Waals surface area (Å²) in [6.45, 7) is 4.41. The third-order valence-corrected chi connectivity index (χ3v) is 4.55. The van der Waals surface area contributed by atoms with Crippen LogP contribution in [0.25, 0.3) is 0 Å². The second kappa shape index (κ2) is 11.0. The first kappa shape index (κ1) is 23.9. The lowest BCUT2D eigenvalue weighted by Gasteiger charge is -2.32. The van der Waals surface area contributed by atoms with Crippen LogP contribution in [0.3, 0.4) is 0 Å². The van der Waals surface area contributed by atoms with Crippen LogP contribution >= 0.6 is 11.8 Å². The number of thioether (sulfide) groups is 1. The number of hydrogen-bond acceptors (Lipinski definition) is 9. The molecule has 1 aliphatic rings. The van der Waals surface area contributed by atoms with E-state index in [0.29, 0.717) is 11.8 Å². The molecule has 1 aliphatic heterocycles. The molecule has 0 spiro atoms. The van der Waals surface area contributed by atoms with E-state index in [1.165, 1.54) is 20.8 Å². The molecule has 158 valence electrons. The summed E-state index contributed by atoms with van der Waals surface area (Å²) in [6, 6.07) is 0. The van der Waals surface area contributed by atoms with E-state index in [0.717, 1.165) is 0 Å². The highest BCUT2D eigenvalue weighted by Gasteiger charge is 2.41. The second-order valence-electron chi connectivity index (χ2n) is 7.01. The Morgan fingerprint density at radius 3 is 2.61 bits per heavy atom. The summed E-state index contributed by atoms with van der Waals surface area (Å²) < 4.78 is 10.2. The van der Waals surface area contributed by atoms with E-state index >= 15 is 0 Å². The van der Waals surface area contributed by atoms with Crippen molar-refractivity contribution in [3.8, 4) is 0 Å². The zero-order valence-electron chi connectivity index (χ0n) is 16.1. The van der Waals surface area contributed by atoms with Gasteiger partial charge in [-0.2, -0.15) is 0 Å². The zero-order valence-corrected chi connectivity index (χ0v) is 16.9. The van der Waals surface area contributed by atoms with Gasteiger partial charge in [0, 0.05) is 30.7 Å². The van der Waals surface area contributed by atoms with Gasteiger partial charge in [0.1, 0.15) is 6.61 Å². The molecule has 2 amide bonds. The van der Waals surface area contributed by atoms with Gasteiger partial charge >= 0.3 is 11.9 Å². The van der Waals surface area contributed by atoms with Crippen LogP contribution in [0.5, 0.6) is 0 Å². The molecule has 1 heterocycles. The molecule has 1 saturated heterocycles. The Balaban J connectivity index is 2.91. The number of aliphatic hydroxyl groups is 1. The van der Waals surface area contributed by atoms with Crippen LogP contribution < -0.4 is 10.6 Å². The highest BCUT2D eigenvalue weighted by Crippen LogP contribution is 2.25. The lowest BCUT2D eigenvalue weighted by atomic mass is 9.86. The van der Waals surface area contributed by atoms with E-state index in [1.807, 2.05) is 0 Å². The molecular formula is C17H26N2O8S. The predicted molar refractivity (Wildman–Crippen MR) is 99.0 cm³/mol. The van der Waals surface area contributed by atoms with E-state index in [1.54, 1.807) is 0 Å². The van der Waals surface area contributed by atoms with Crippen LogP contribution in [0.4, 0.5) is 0 Å². The average Bonchev–Trinajstić information content (AvgIpc) is 2.60. The van der Waals surface area contributed by atoms with E-state index < -0.39 is 40.6 Å². The predicted octanol–water partition coefficient (Wildman–Crippen LogP) is -0.866. The summed E-state index contributed by atoms with van der Waals surface area (Å²) in [6.07, 6.45) is -2.51. The number of cyclic esters (lactones) is 1. The molecular weight excluding hydrogens is 392 g/mol. The van der Waals surface area contributed by atoms with Crippen LogP contribution in [0.2, 0.25) is 0 Å². The summed E-state index contributed by atoms with van der Waals surface area (Å²) in [5.74, 6) is -2.70. The molecule has 3 N–H and O–H groups in total. The summed E-state index contributed by atoms with van der Waals surface area (Å²) in [4.78, 5) is 59.8. The van der Waals surface area contributed by atoms with Crippen molar-refractivity contribution in [1.29, 1.82) is 0 Å². The van der Waals surface area contributed by atoms with Gasteiger partial charge in [-0.25, -0.2) is 4.79 Å². The maximum absolute atomic E-state index is 12.5. The van der Waals surface area contributed by atoms with E-state index in [4.69, 9.17) is 9.47 Å². The van der Waals surface area contributed by atoms with Crippen molar-refractivity contribution >= 4 is 40.6 Å². The Morgan fingerprint density at radius 2 is 1.96 bits per heavy atom. The second-order valence-corrected chi connectivity index (χ2v) is 8.08. The van der Waals surface area contributed by atoms with E-state index in [9.17, 15) is 29.1 Å². The number of amides is 2. The molecule has 10 nitrogen and oxygen atoms in total. The quantitative estimate of drug-likeness (QED) is 0.383. The van der Waals surface area contributed by atoms with Crippen LogP contribution in [-0.4, -0.2) is 71.6 Å². The maximum atomic E-state index is 12.5. The van der Waals surface area contributed by atoms with Crippen LogP contribution in [0.15, 0.2) is 0 Å². The third kappa shape index (κ3) is 8.26. The van der Waals surface area contributed by atoms with Crippen molar-refractivity contribution in [3.63, 3.8) is 0 Å². The lowest BCUT2D eigenvalue weighted by Crippen LogP contribution is -2.49. The monoisotopic (exact) mass is 418 g/mol. The smallest absolute Gasteiger partial charge is 0.386 e. The zero-order chi connectivity index (χ0) is 21.3. The van der Waals surface area contributed by atoms with Crippen LogP contribution in [-0.2, 0) is 33.4 Å². The SMILES string of the molecule is C[C@H](O)CC(=O)OCC(C)(C)[C@H]1OC(=O)C(=O)SCCNC(=O)CCNC1=O. The van der Waals surface area contributed by atoms with Crippen molar-refractivity contribution in [1.82, 2.24) is 10.6 Å². The van der Waals surface area contributed by atoms with Gasteiger partial charge in [0.05, 0.1) is 12.5 Å². The van der Waals surface area contributed by atoms with Gasteiger partial charge in [-0.3, -0.25) is 19.2 Å². The first-order chi connectivity index (χ1) is 13.0. The molecule has 0 aromatic carbocycles. The number of nitrogens with one attached hydrogen (secondary N) is 2. The Kier molecular flexibility index (Phi) is 9.39. The van der Waals surface area contributed by atoms with Crippen molar-refractivity contribution < 1.29 is 38.6 Å². The number of hydrogen-bond donors (Lipinski definition) is 3. The first-order valence-corrected chi connectivity index (χ1v) is 9.77. The third-order valence-electron chi connectivity index (χ3n) is 3.72. The Hall–Kier alpha value is -2.14. The molecule has 28 heavy (non-hydrogen) atoms. The molecule has 1 rings (SSSR count). The standard InChI is InChI=1S/C17H26N2O8S/c1-10(20)8-12(22)26-9-17(2,3)13-14(23)19-5-4-11(21)18-6-7-28-16(25)15(24)27-13/h10,13,20H,4-9H2,1-3H3,(H,18,21)(H,19,23)/t10-,13-/m0/s1. The Bertz CT molecular complexity index is 620. The normalized spacial score (nSPS) is 21.2. The molecule has 0 aliphatic carbocycles. The van der Waals surface area contributed by atoms with Gasteiger partial charge in [0.15, 0.2) is 6.10 Å². The molecule has 0 aromatic rings. The summed E-state index contributed by atoms with van der Waals surface area (Å²) in [7, 11) is 0. The molecule has 0 bridgehead atoms. The van der Waals surface area contributed by atoms with Gasteiger partial charge in [-0.05, 0) is 6.92 Å². The fourth-order valence-corrected chi connectivity index (χ4v) is 2.79. The minimum atomic E-state index is -1.42. The van der Waals surface area contributed by atoms with Crippen molar-refractivity contribution in [3.05, 3.63) is 0 Å². The number of carbonyl (C=O) groups is 5. The summed E-state index contributed by atoms with van der Waals surface area (Å²) in [5, 5.41) is 13.4. The molecule has 2 atom stereocenters. The topological polar surface area (TPSA) is 148 Å². The number of ether oxygens (including phenoxy) is 2. The minimum Gasteiger partial charge on any atom is -0.465 e. The number of carbonyl (C=O) groups excluding carboxylic acids is 5. The van der Waals surface area contributed by atoms with E-state index in [-0.39, 0.29) is 44.2 Å². The van der Waals surface area contributed by atoms with Gasteiger partial charge < -0.3 is 25.2 Å². The van der Waals surface area contributed by atoms with Gasteiger partial charge in [-0.15, -0.1) is 0 Å². The maximum Gasteiger partial charge on any atom is 0.386 e.